The van der Waals surface area contributed by atoms with E-state index < -0.39 is 0 Å². The smallest absolute Gasteiger partial charge is 0.205 e. The van der Waals surface area contributed by atoms with Gasteiger partial charge < -0.3 is 5.73 Å². The first-order valence-electron chi connectivity index (χ1n) is 4.01. The lowest BCUT2D eigenvalue weighted by molar-refractivity contribution is 0.387. The van der Waals surface area contributed by atoms with Crippen LogP contribution in [0.25, 0.3) is 0 Å². The summed E-state index contributed by atoms with van der Waals surface area (Å²) < 4.78 is 0. The second kappa shape index (κ2) is 2.02. The summed E-state index contributed by atoms with van der Waals surface area (Å²) in [6.45, 7) is 0.623. The van der Waals surface area contributed by atoms with E-state index in [1.165, 1.54) is 25.7 Å². The second-order valence-corrected chi connectivity index (χ2v) is 3.26. The van der Waals surface area contributed by atoms with E-state index in [0.717, 1.165) is 0 Å². The normalized spacial score (nSPS) is 29.3. The Kier molecular flexibility index (Phi) is 1.27. The molecule has 10 heavy (non-hydrogen) atoms. The molecule has 0 unspecified atom stereocenters. The van der Waals surface area contributed by atoms with Crippen molar-refractivity contribution in [3.05, 3.63) is 0 Å². The van der Waals surface area contributed by atoms with Crippen molar-refractivity contribution in [1.29, 1.82) is 0 Å². The monoisotopic (exact) mass is 139 g/mol. The van der Waals surface area contributed by atoms with Gasteiger partial charge in [0, 0.05) is 12.5 Å². The molecule has 3 heteroatoms. The first-order valence-corrected chi connectivity index (χ1v) is 4.01. The number of nitrogens with two attached hydrogens (primary N) is 1. The fourth-order valence-electron chi connectivity index (χ4n) is 1.86. The molecule has 0 atom stereocenters. The lowest BCUT2D eigenvalue weighted by Crippen LogP contribution is -2.31. The summed E-state index contributed by atoms with van der Waals surface area (Å²) >= 11 is 0. The summed E-state index contributed by atoms with van der Waals surface area (Å²) in [5.41, 5.74) is 5.46. The summed E-state index contributed by atoms with van der Waals surface area (Å²) in [6.07, 6.45) is 5.25. The lowest BCUT2D eigenvalue weighted by Gasteiger charge is -2.14. The maximum absolute atomic E-state index is 5.56. The summed E-state index contributed by atoms with van der Waals surface area (Å²) in [5, 5.41) is 8.07. The van der Waals surface area contributed by atoms with E-state index >= 15 is 0 Å². The van der Waals surface area contributed by atoms with E-state index in [-0.39, 0.29) is 5.66 Å². The van der Waals surface area contributed by atoms with E-state index in [1.54, 1.807) is 0 Å². The van der Waals surface area contributed by atoms with Crippen LogP contribution in [0.3, 0.4) is 0 Å². The van der Waals surface area contributed by atoms with Crippen LogP contribution in [0.2, 0.25) is 0 Å². The molecule has 56 valence electrons. The molecule has 2 aliphatic rings. The zero-order valence-corrected chi connectivity index (χ0v) is 6.08. The highest BCUT2D eigenvalue weighted by atomic mass is 15.5. The van der Waals surface area contributed by atoms with Crippen LogP contribution < -0.4 is 5.73 Å². The van der Waals surface area contributed by atoms with Crippen molar-refractivity contribution in [2.24, 2.45) is 21.9 Å². The molecular weight excluding hydrogens is 126 g/mol. The quantitative estimate of drug-likeness (QED) is 0.615. The predicted molar refractivity (Wildman–Crippen MR) is 38.6 cm³/mol. The Morgan fingerprint density at radius 3 is 2.30 bits per heavy atom. The van der Waals surface area contributed by atoms with Gasteiger partial charge in [0.15, 0.2) is 0 Å². The topological polar surface area (TPSA) is 50.7 Å². The maximum atomic E-state index is 5.56. The van der Waals surface area contributed by atoms with Crippen LogP contribution in [-0.4, -0.2) is 12.2 Å². The lowest BCUT2D eigenvalue weighted by atomic mass is 9.95. The molecule has 1 saturated carbocycles. The van der Waals surface area contributed by atoms with Crippen molar-refractivity contribution < 1.29 is 0 Å². The molecule has 0 aromatic carbocycles. The maximum Gasteiger partial charge on any atom is 0.205 e. The van der Waals surface area contributed by atoms with Gasteiger partial charge in [-0.1, -0.05) is 12.8 Å². The van der Waals surface area contributed by atoms with Gasteiger partial charge in [0.25, 0.3) is 0 Å². The van der Waals surface area contributed by atoms with Crippen LogP contribution in [0.5, 0.6) is 0 Å². The van der Waals surface area contributed by atoms with Crippen molar-refractivity contribution in [3.63, 3.8) is 0 Å². The molecular formula is C7H13N3. The highest BCUT2D eigenvalue weighted by molar-refractivity contribution is 5.01. The van der Waals surface area contributed by atoms with Gasteiger partial charge in [-0.05, 0) is 12.8 Å². The predicted octanol–water partition coefficient (Wildman–Crippen LogP) is 1.30. The molecule has 1 heterocycles. The minimum Gasteiger partial charge on any atom is -0.326 e. The Labute approximate surface area is 60.7 Å². The summed E-state index contributed by atoms with van der Waals surface area (Å²) in [4.78, 5) is 0. The third-order valence-electron chi connectivity index (χ3n) is 2.67. The van der Waals surface area contributed by atoms with Gasteiger partial charge in [-0.25, -0.2) is 0 Å². The van der Waals surface area contributed by atoms with Crippen LogP contribution >= 0.6 is 0 Å². The molecule has 1 fully saturated rings. The first kappa shape index (κ1) is 6.28. The Hall–Kier alpha value is -0.440. The standard InChI is InChI=1S/C7H13N3/c8-5-7(9-10-7)6-3-1-2-4-6/h6H,1-5,8H2. The van der Waals surface area contributed by atoms with Gasteiger partial charge in [-0.15, -0.1) is 0 Å². The van der Waals surface area contributed by atoms with E-state index in [9.17, 15) is 0 Å². The Morgan fingerprint density at radius 2 is 1.90 bits per heavy atom. The molecule has 0 bridgehead atoms. The third-order valence-corrected chi connectivity index (χ3v) is 2.67. The van der Waals surface area contributed by atoms with Gasteiger partial charge in [0.1, 0.15) is 0 Å². The number of hydrogen-bond acceptors (Lipinski definition) is 3. The highest BCUT2D eigenvalue weighted by Crippen LogP contribution is 2.43. The average molecular weight is 139 g/mol. The summed E-state index contributed by atoms with van der Waals surface area (Å²) in [6, 6.07) is 0. The zero-order chi connectivity index (χ0) is 7.03. The van der Waals surface area contributed by atoms with E-state index in [4.69, 9.17) is 5.73 Å². The fraction of sp³-hybridized carbons (Fsp3) is 1.00. The van der Waals surface area contributed by atoms with Crippen LogP contribution in [0.4, 0.5) is 0 Å². The van der Waals surface area contributed by atoms with Crippen molar-refractivity contribution in [2.75, 3.05) is 6.54 Å². The number of rotatable bonds is 2. The largest absolute Gasteiger partial charge is 0.326 e. The van der Waals surface area contributed by atoms with Crippen molar-refractivity contribution >= 4 is 0 Å². The molecule has 3 nitrogen and oxygen atoms in total. The first-order chi connectivity index (χ1) is 4.87. The van der Waals surface area contributed by atoms with Gasteiger partial charge in [-0.2, -0.15) is 10.2 Å². The van der Waals surface area contributed by atoms with Gasteiger partial charge >= 0.3 is 0 Å². The van der Waals surface area contributed by atoms with E-state index in [2.05, 4.69) is 10.2 Å². The molecule has 0 amide bonds. The molecule has 0 spiro atoms. The van der Waals surface area contributed by atoms with Crippen LogP contribution in [0.15, 0.2) is 10.2 Å². The Balaban J connectivity index is 1.97. The fourth-order valence-corrected chi connectivity index (χ4v) is 1.86. The molecule has 2 rings (SSSR count). The average Bonchev–Trinajstić information content (AvgIpc) is 2.58. The zero-order valence-electron chi connectivity index (χ0n) is 6.08. The van der Waals surface area contributed by atoms with Gasteiger partial charge in [0.2, 0.25) is 5.66 Å². The minimum atomic E-state index is -0.101. The molecule has 0 saturated heterocycles. The highest BCUT2D eigenvalue weighted by Gasteiger charge is 2.47. The summed E-state index contributed by atoms with van der Waals surface area (Å²) in [5.74, 6) is 0.678. The molecule has 0 aromatic rings. The van der Waals surface area contributed by atoms with Crippen LogP contribution in [0.1, 0.15) is 25.7 Å². The van der Waals surface area contributed by atoms with Crippen LogP contribution in [-0.2, 0) is 0 Å². The molecule has 1 aliphatic heterocycles. The number of nitrogens with zero attached hydrogens (tertiary/aromatic N) is 2. The second-order valence-electron chi connectivity index (χ2n) is 3.26. The van der Waals surface area contributed by atoms with Gasteiger partial charge in [0.05, 0.1) is 0 Å². The minimum absolute atomic E-state index is 0.101. The van der Waals surface area contributed by atoms with Crippen molar-refractivity contribution in [1.82, 2.24) is 0 Å². The SMILES string of the molecule is NCC1(C2CCCC2)N=N1. The summed E-state index contributed by atoms with van der Waals surface area (Å²) in [7, 11) is 0. The third kappa shape index (κ3) is 0.770. The van der Waals surface area contributed by atoms with Crippen LogP contribution in [0, 0.1) is 5.92 Å². The molecule has 0 aromatic heterocycles. The van der Waals surface area contributed by atoms with Crippen molar-refractivity contribution in [3.8, 4) is 0 Å². The van der Waals surface area contributed by atoms with E-state index in [1.807, 2.05) is 0 Å². The molecule has 0 radical (unpaired) electrons. The van der Waals surface area contributed by atoms with Crippen molar-refractivity contribution in [2.45, 2.75) is 31.3 Å². The Bertz CT molecular complexity index is 152. The molecule has 1 aliphatic carbocycles. The number of hydrogen-bond donors (Lipinski definition) is 1. The Morgan fingerprint density at radius 1 is 1.30 bits per heavy atom. The van der Waals surface area contributed by atoms with E-state index in [0.29, 0.717) is 12.5 Å². The van der Waals surface area contributed by atoms with Gasteiger partial charge in [-0.3, -0.25) is 0 Å². The molecule has 2 N–H and O–H groups in total.